The lowest BCUT2D eigenvalue weighted by atomic mass is 10.9. The Labute approximate surface area is 70.2 Å². The summed E-state index contributed by atoms with van der Waals surface area (Å²) in [4.78, 5) is 0. The third kappa shape index (κ3) is 4.76. The Kier molecular flexibility index (Phi) is 5.90. The predicted octanol–water partition coefficient (Wildman–Crippen LogP) is 1.90. The van der Waals surface area contributed by atoms with Crippen LogP contribution in [-0.2, 0) is 4.52 Å². The van der Waals surface area contributed by atoms with Gasteiger partial charge in [0.05, 0.1) is 41.6 Å². The van der Waals surface area contributed by atoms with Crippen molar-refractivity contribution < 1.29 is 9.63 Å². The molecule has 0 amide bonds. The maximum atomic E-state index is 7.00. The van der Waals surface area contributed by atoms with E-state index in [1.165, 1.54) is 0 Å². The average molecular weight is 205 g/mol. The minimum atomic E-state index is -1.49. The van der Waals surface area contributed by atoms with E-state index in [0.717, 1.165) is 19.5 Å². The Balaban J connectivity index is 0.000000291. The number of aliphatic hydroxyl groups excluding tert-OH is 1. The van der Waals surface area contributed by atoms with Gasteiger partial charge in [-0.2, -0.15) is 0 Å². The molecule has 0 aromatic heterocycles. The zero-order valence-corrected chi connectivity index (χ0v) is 8.52. The zero-order valence-electron chi connectivity index (χ0n) is 5.02. The first-order valence-electron chi connectivity index (χ1n) is 2.29. The van der Waals surface area contributed by atoms with Crippen LogP contribution in [0.25, 0.3) is 0 Å². The molecule has 9 heavy (non-hydrogen) atoms. The molecule has 1 heterocycles. The van der Waals surface area contributed by atoms with Crippen molar-refractivity contribution in [1.82, 2.24) is 0 Å². The summed E-state index contributed by atoms with van der Waals surface area (Å²) in [5.41, 5.74) is 0. The Morgan fingerprint density at radius 2 is 2.11 bits per heavy atom. The molecular formula is C3H10O2PS3+. The van der Waals surface area contributed by atoms with E-state index in [1.807, 2.05) is 0 Å². The van der Waals surface area contributed by atoms with Crippen LogP contribution in [0.2, 0.25) is 0 Å². The molecule has 1 rings (SSSR count). The second-order valence-electron chi connectivity index (χ2n) is 1.16. The first-order valence-corrected chi connectivity index (χ1v) is 7.89. The van der Waals surface area contributed by atoms with E-state index in [1.54, 1.807) is 11.4 Å². The average Bonchev–Trinajstić information content (AvgIpc) is 2.19. The molecule has 0 aromatic rings. The Bertz CT molecular complexity index is 71.5. The number of thiol groups is 2. The lowest BCUT2D eigenvalue weighted by Gasteiger charge is -1.96. The molecule has 1 N–H and O–H groups in total. The maximum absolute atomic E-state index is 7.00. The van der Waals surface area contributed by atoms with Crippen LogP contribution in [0.15, 0.2) is 0 Å². The third-order valence-electron chi connectivity index (χ3n) is 0.602. The molecule has 1 aliphatic heterocycles. The van der Waals surface area contributed by atoms with Crippen LogP contribution in [0, 0.1) is 0 Å². The van der Waals surface area contributed by atoms with Crippen molar-refractivity contribution in [2.45, 2.75) is 0 Å². The molecule has 0 bridgehead atoms. The molecule has 0 saturated carbocycles. The molecule has 0 radical (unpaired) electrons. The first-order chi connectivity index (χ1) is 4.21. The highest BCUT2D eigenvalue weighted by Crippen LogP contribution is 2.81. The normalized spacial score (nSPS) is 22.7. The van der Waals surface area contributed by atoms with Gasteiger partial charge in [-0.25, -0.2) is 4.52 Å². The SMILES string of the molecule is CO.S[P+]1(S)OCCS1. The molecule has 0 spiro atoms. The first kappa shape index (κ1) is 10.4. The van der Waals surface area contributed by atoms with E-state index in [4.69, 9.17) is 9.63 Å². The van der Waals surface area contributed by atoms with Gasteiger partial charge in [0, 0.05) is 7.11 Å². The van der Waals surface area contributed by atoms with Crippen LogP contribution in [0.4, 0.5) is 0 Å². The summed E-state index contributed by atoms with van der Waals surface area (Å²) in [5, 5.41) is 5.51. The monoisotopic (exact) mass is 205 g/mol. The Morgan fingerprint density at radius 1 is 1.56 bits per heavy atom. The van der Waals surface area contributed by atoms with Gasteiger partial charge in [-0.05, 0) is 0 Å². The van der Waals surface area contributed by atoms with Gasteiger partial charge in [0.15, 0.2) is 0 Å². The van der Waals surface area contributed by atoms with Crippen molar-refractivity contribution >= 4 is 41.0 Å². The molecule has 0 unspecified atom stereocenters. The van der Waals surface area contributed by atoms with Crippen molar-refractivity contribution in [1.29, 1.82) is 0 Å². The van der Waals surface area contributed by atoms with Gasteiger partial charge in [-0.3, -0.25) is 0 Å². The van der Waals surface area contributed by atoms with Gasteiger partial charge in [0.25, 0.3) is 0 Å². The Hall–Kier alpha value is 1.40. The summed E-state index contributed by atoms with van der Waals surface area (Å²) in [5.74, 6) is 1.06. The van der Waals surface area contributed by atoms with E-state index in [2.05, 4.69) is 24.5 Å². The lowest BCUT2D eigenvalue weighted by Crippen LogP contribution is -1.76. The van der Waals surface area contributed by atoms with Gasteiger partial charge >= 0.3 is 5.10 Å². The van der Waals surface area contributed by atoms with Crippen LogP contribution >= 0.6 is 41.0 Å². The van der Waals surface area contributed by atoms with Gasteiger partial charge < -0.3 is 5.11 Å². The highest BCUT2D eigenvalue weighted by atomic mass is 33.4. The van der Waals surface area contributed by atoms with Crippen molar-refractivity contribution in [2.24, 2.45) is 0 Å². The van der Waals surface area contributed by atoms with Gasteiger partial charge in [0.2, 0.25) is 0 Å². The molecule has 0 aromatic carbocycles. The highest BCUT2D eigenvalue weighted by Gasteiger charge is 2.38. The van der Waals surface area contributed by atoms with Crippen LogP contribution < -0.4 is 0 Å². The summed E-state index contributed by atoms with van der Waals surface area (Å²) in [6.45, 7) is 0.825. The fraction of sp³-hybridized carbons (Fsp3) is 1.00. The van der Waals surface area contributed by atoms with Crippen molar-refractivity contribution in [3.63, 3.8) is 0 Å². The number of aliphatic hydroxyl groups is 1. The van der Waals surface area contributed by atoms with Crippen LogP contribution in [0.3, 0.4) is 0 Å². The minimum Gasteiger partial charge on any atom is -0.400 e. The number of hydrogen-bond donors (Lipinski definition) is 3. The van der Waals surface area contributed by atoms with E-state index in [-0.39, 0.29) is 0 Å². The molecule has 2 nitrogen and oxygen atoms in total. The topological polar surface area (TPSA) is 29.5 Å². The second kappa shape index (κ2) is 5.10. The van der Waals surface area contributed by atoms with Gasteiger partial charge in [-0.15, -0.1) is 0 Å². The molecule has 0 atom stereocenters. The number of hydrogen-bond acceptors (Lipinski definition) is 5. The highest BCUT2D eigenvalue weighted by molar-refractivity contribution is 9.11. The minimum absolute atomic E-state index is 0.825. The summed E-state index contributed by atoms with van der Waals surface area (Å²) < 4.78 is 5.14. The zero-order chi connectivity index (χ0) is 7.33. The Morgan fingerprint density at radius 3 is 2.22 bits per heavy atom. The number of rotatable bonds is 0. The van der Waals surface area contributed by atoms with Crippen LogP contribution in [0.5, 0.6) is 0 Å². The third-order valence-corrected chi connectivity index (χ3v) is 6.45. The summed E-state index contributed by atoms with van der Waals surface area (Å²) in [7, 11) is 1.00. The molecule has 6 heteroatoms. The molecule has 0 aliphatic carbocycles. The summed E-state index contributed by atoms with van der Waals surface area (Å²) in [6.07, 6.45) is 0. The van der Waals surface area contributed by atoms with Crippen LogP contribution in [0.1, 0.15) is 0 Å². The van der Waals surface area contributed by atoms with E-state index in [9.17, 15) is 0 Å². The predicted molar refractivity (Wildman–Crippen MR) is 51.4 cm³/mol. The smallest absolute Gasteiger partial charge is 0.315 e. The van der Waals surface area contributed by atoms with E-state index < -0.39 is 5.10 Å². The quantitative estimate of drug-likeness (QED) is 0.417. The van der Waals surface area contributed by atoms with Crippen LogP contribution in [-0.4, -0.2) is 24.6 Å². The lowest BCUT2D eigenvalue weighted by molar-refractivity contribution is 0.399. The maximum Gasteiger partial charge on any atom is 0.315 e. The second-order valence-corrected chi connectivity index (χ2v) is 11.3. The molecule has 1 saturated heterocycles. The van der Waals surface area contributed by atoms with E-state index >= 15 is 0 Å². The van der Waals surface area contributed by atoms with Crippen molar-refractivity contribution in [3.05, 3.63) is 0 Å². The van der Waals surface area contributed by atoms with Crippen molar-refractivity contribution in [2.75, 3.05) is 19.5 Å². The van der Waals surface area contributed by atoms with Crippen molar-refractivity contribution in [3.8, 4) is 0 Å². The summed E-state index contributed by atoms with van der Waals surface area (Å²) in [6, 6.07) is 0. The van der Waals surface area contributed by atoms with Gasteiger partial charge in [-0.1, -0.05) is 0 Å². The standard InChI is InChI=1S/C2H6OPS3.CH4O/c5-4(6)3-1-2-7-4;1-2/h5-6H,1-2H2;2H,1H3/q+1;. The van der Waals surface area contributed by atoms with E-state index in [0.29, 0.717) is 0 Å². The molecule has 1 aliphatic rings. The van der Waals surface area contributed by atoms with Gasteiger partial charge in [0.1, 0.15) is 6.61 Å². The fourth-order valence-corrected chi connectivity index (χ4v) is 4.62. The fourth-order valence-electron chi connectivity index (χ4n) is 0.350. The molecule has 56 valence electrons. The summed E-state index contributed by atoms with van der Waals surface area (Å²) >= 11 is 10.0. The molecule has 1 fully saturated rings. The molecular weight excluding hydrogens is 195 g/mol. The largest absolute Gasteiger partial charge is 0.400 e.